The first-order valence-corrected chi connectivity index (χ1v) is 5.69. The number of anilines is 1. The van der Waals surface area contributed by atoms with E-state index in [4.69, 9.17) is 11.6 Å². The highest BCUT2D eigenvalue weighted by molar-refractivity contribution is 9.10. The Morgan fingerprint density at radius 3 is 2.80 bits per heavy atom. The molecule has 0 aliphatic heterocycles. The molecule has 2 amide bonds. The summed E-state index contributed by atoms with van der Waals surface area (Å²) in [6.45, 7) is 2.56. The van der Waals surface area contributed by atoms with Crippen molar-refractivity contribution in [1.29, 1.82) is 0 Å². The molecule has 82 valence electrons. The minimum atomic E-state index is -0.165. The minimum absolute atomic E-state index is 0.165. The zero-order valence-electron chi connectivity index (χ0n) is 8.55. The van der Waals surface area contributed by atoms with Gasteiger partial charge in [0.25, 0.3) is 0 Å². The maximum atomic E-state index is 11.5. The summed E-state index contributed by atoms with van der Waals surface area (Å²) >= 11 is 9.26. The molecular weight excluding hydrogens is 279 g/mol. The predicted molar refractivity (Wildman–Crippen MR) is 66.5 cm³/mol. The van der Waals surface area contributed by atoms with Gasteiger partial charge in [-0.3, -0.25) is 0 Å². The van der Waals surface area contributed by atoms with E-state index in [0.717, 1.165) is 4.47 Å². The predicted octanol–water partition coefficient (Wildman–Crippen LogP) is 3.59. The van der Waals surface area contributed by atoms with E-state index in [-0.39, 0.29) is 6.03 Å². The molecule has 3 nitrogen and oxygen atoms in total. The number of urea groups is 1. The van der Waals surface area contributed by atoms with Crippen molar-refractivity contribution in [2.75, 3.05) is 18.9 Å². The molecule has 0 bridgehead atoms. The molecule has 0 aliphatic rings. The molecule has 0 radical (unpaired) electrons. The Morgan fingerprint density at radius 1 is 1.60 bits per heavy atom. The molecule has 1 rings (SSSR count). The van der Waals surface area contributed by atoms with Gasteiger partial charge in [0.15, 0.2) is 0 Å². The summed E-state index contributed by atoms with van der Waals surface area (Å²) in [6, 6.07) is 5.16. The van der Waals surface area contributed by atoms with Gasteiger partial charge in [0.05, 0.1) is 10.7 Å². The van der Waals surface area contributed by atoms with E-state index in [1.54, 1.807) is 24.1 Å². The van der Waals surface area contributed by atoms with Crippen molar-refractivity contribution in [1.82, 2.24) is 4.90 Å². The van der Waals surface area contributed by atoms with E-state index < -0.39 is 0 Å². The Hall–Kier alpha value is -0.740. The molecule has 0 atom stereocenters. The van der Waals surface area contributed by atoms with Gasteiger partial charge in [0.1, 0.15) is 0 Å². The summed E-state index contributed by atoms with van der Waals surface area (Å²) in [5, 5.41) is 3.24. The van der Waals surface area contributed by atoms with E-state index >= 15 is 0 Å². The van der Waals surface area contributed by atoms with Crippen molar-refractivity contribution in [3.63, 3.8) is 0 Å². The van der Waals surface area contributed by atoms with Crippen LogP contribution in [-0.4, -0.2) is 24.5 Å². The van der Waals surface area contributed by atoms with Crippen LogP contribution in [0.25, 0.3) is 0 Å². The number of rotatable bonds is 2. The molecule has 0 heterocycles. The highest BCUT2D eigenvalue weighted by Gasteiger charge is 2.08. The highest BCUT2D eigenvalue weighted by Crippen LogP contribution is 2.25. The highest BCUT2D eigenvalue weighted by atomic mass is 79.9. The van der Waals surface area contributed by atoms with Crippen LogP contribution < -0.4 is 5.32 Å². The third kappa shape index (κ3) is 3.39. The van der Waals surface area contributed by atoms with Crippen molar-refractivity contribution in [3.8, 4) is 0 Å². The van der Waals surface area contributed by atoms with E-state index in [2.05, 4.69) is 21.2 Å². The van der Waals surface area contributed by atoms with Gasteiger partial charge < -0.3 is 10.2 Å². The van der Waals surface area contributed by atoms with Gasteiger partial charge >= 0.3 is 6.03 Å². The first kappa shape index (κ1) is 12.3. The largest absolute Gasteiger partial charge is 0.328 e. The molecule has 0 spiro atoms. The van der Waals surface area contributed by atoms with E-state index in [1.165, 1.54) is 0 Å². The van der Waals surface area contributed by atoms with Crippen LogP contribution in [0.5, 0.6) is 0 Å². The number of amides is 2. The fourth-order valence-electron chi connectivity index (χ4n) is 0.945. The average Bonchev–Trinajstić information content (AvgIpc) is 2.20. The topological polar surface area (TPSA) is 32.3 Å². The summed E-state index contributed by atoms with van der Waals surface area (Å²) in [6.07, 6.45) is 0. The molecule has 1 aromatic rings. The van der Waals surface area contributed by atoms with Gasteiger partial charge in [-0.25, -0.2) is 4.79 Å². The molecular formula is C10H12BrClN2O. The maximum absolute atomic E-state index is 11.5. The molecule has 1 N–H and O–H groups in total. The first-order chi connectivity index (χ1) is 7.04. The molecule has 1 aromatic carbocycles. The lowest BCUT2D eigenvalue weighted by atomic mass is 10.3. The number of hydrogen-bond donors (Lipinski definition) is 1. The quantitative estimate of drug-likeness (QED) is 0.887. The molecule has 15 heavy (non-hydrogen) atoms. The maximum Gasteiger partial charge on any atom is 0.321 e. The molecule has 5 heteroatoms. The summed E-state index contributed by atoms with van der Waals surface area (Å²) in [4.78, 5) is 13.1. The van der Waals surface area contributed by atoms with Crippen molar-refractivity contribution in [3.05, 3.63) is 27.7 Å². The van der Waals surface area contributed by atoms with E-state index in [9.17, 15) is 4.79 Å². The van der Waals surface area contributed by atoms with Gasteiger partial charge in [-0.2, -0.15) is 0 Å². The van der Waals surface area contributed by atoms with Crippen LogP contribution in [0.3, 0.4) is 0 Å². The van der Waals surface area contributed by atoms with Crippen molar-refractivity contribution in [2.24, 2.45) is 0 Å². The fourth-order valence-corrected chi connectivity index (χ4v) is 1.67. The van der Waals surface area contributed by atoms with Crippen LogP contribution in [-0.2, 0) is 0 Å². The second kappa shape index (κ2) is 5.37. The smallest absolute Gasteiger partial charge is 0.321 e. The number of hydrogen-bond acceptors (Lipinski definition) is 1. The molecule has 0 saturated carbocycles. The van der Waals surface area contributed by atoms with Crippen LogP contribution in [0.2, 0.25) is 5.02 Å². The summed E-state index contributed by atoms with van der Waals surface area (Å²) in [5.41, 5.74) is 0.616. The molecule has 0 aromatic heterocycles. The Kier molecular flexibility index (Phi) is 4.42. The number of benzene rings is 1. The monoisotopic (exact) mass is 290 g/mol. The number of nitrogens with zero attached hydrogens (tertiary/aromatic N) is 1. The first-order valence-electron chi connectivity index (χ1n) is 4.51. The van der Waals surface area contributed by atoms with Crippen LogP contribution in [0.1, 0.15) is 6.92 Å². The Balaban J connectivity index is 2.77. The molecule has 0 aliphatic carbocycles. The fraction of sp³-hybridized carbons (Fsp3) is 0.300. The zero-order valence-corrected chi connectivity index (χ0v) is 10.9. The Morgan fingerprint density at radius 2 is 2.27 bits per heavy atom. The lowest BCUT2D eigenvalue weighted by Crippen LogP contribution is -2.31. The molecule has 0 fully saturated rings. The van der Waals surface area contributed by atoms with Gasteiger partial charge in [0.2, 0.25) is 0 Å². The lowest BCUT2D eigenvalue weighted by molar-refractivity contribution is 0.224. The van der Waals surface area contributed by atoms with Crippen LogP contribution >= 0.6 is 27.5 Å². The standard InChI is InChI=1S/C10H12BrClN2O/c1-3-14(2)10(15)13-9-5-4-7(11)6-8(9)12/h4-6H,3H2,1-2H3,(H,13,15). The molecule has 0 unspecified atom stereocenters. The van der Waals surface area contributed by atoms with Gasteiger partial charge in [-0.05, 0) is 25.1 Å². The number of halogens is 2. The van der Waals surface area contributed by atoms with Gasteiger partial charge in [0, 0.05) is 18.1 Å². The van der Waals surface area contributed by atoms with Crippen LogP contribution in [0, 0.1) is 0 Å². The average molecular weight is 292 g/mol. The van der Waals surface area contributed by atoms with Crippen molar-refractivity contribution < 1.29 is 4.79 Å². The second-order valence-corrected chi connectivity index (χ2v) is 4.39. The Labute approximate surface area is 103 Å². The van der Waals surface area contributed by atoms with Crippen LogP contribution in [0.15, 0.2) is 22.7 Å². The van der Waals surface area contributed by atoms with E-state index in [0.29, 0.717) is 17.3 Å². The van der Waals surface area contributed by atoms with Crippen molar-refractivity contribution >= 4 is 39.2 Å². The SMILES string of the molecule is CCN(C)C(=O)Nc1ccc(Br)cc1Cl. The number of carbonyl (C=O) groups is 1. The normalized spacial score (nSPS) is 9.87. The van der Waals surface area contributed by atoms with Crippen LogP contribution in [0.4, 0.5) is 10.5 Å². The minimum Gasteiger partial charge on any atom is -0.328 e. The number of carbonyl (C=O) groups excluding carboxylic acids is 1. The summed E-state index contributed by atoms with van der Waals surface area (Å²) in [7, 11) is 1.72. The van der Waals surface area contributed by atoms with E-state index in [1.807, 2.05) is 13.0 Å². The summed E-state index contributed by atoms with van der Waals surface area (Å²) < 4.78 is 0.884. The second-order valence-electron chi connectivity index (χ2n) is 3.07. The Bertz CT molecular complexity index is 370. The number of nitrogens with one attached hydrogen (secondary N) is 1. The van der Waals surface area contributed by atoms with Crippen molar-refractivity contribution in [2.45, 2.75) is 6.92 Å². The third-order valence-corrected chi connectivity index (χ3v) is 2.80. The summed E-state index contributed by atoms with van der Waals surface area (Å²) in [5.74, 6) is 0. The zero-order chi connectivity index (χ0) is 11.4. The van der Waals surface area contributed by atoms with Gasteiger partial charge in [-0.15, -0.1) is 0 Å². The van der Waals surface area contributed by atoms with Gasteiger partial charge in [-0.1, -0.05) is 27.5 Å². The third-order valence-electron chi connectivity index (χ3n) is 1.99. The lowest BCUT2D eigenvalue weighted by Gasteiger charge is -2.16. The molecule has 0 saturated heterocycles.